The fourth-order valence-electron chi connectivity index (χ4n) is 3.99. The third-order valence-corrected chi connectivity index (χ3v) is 5.16. The summed E-state index contributed by atoms with van der Waals surface area (Å²) in [6, 6.07) is 13.6. The van der Waals surface area contributed by atoms with Gasteiger partial charge in [0.1, 0.15) is 5.75 Å². The highest BCUT2D eigenvalue weighted by molar-refractivity contribution is 5.87. The van der Waals surface area contributed by atoms with Crippen LogP contribution in [0.4, 0.5) is 5.69 Å². The van der Waals surface area contributed by atoms with Crippen LogP contribution in [0, 0.1) is 5.92 Å². The van der Waals surface area contributed by atoms with Crippen LogP contribution in [0.2, 0.25) is 0 Å². The van der Waals surface area contributed by atoms with Crippen molar-refractivity contribution in [2.45, 2.75) is 25.3 Å². The lowest BCUT2D eigenvalue weighted by Gasteiger charge is -2.37. The Kier molecular flexibility index (Phi) is 3.96. The van der Waals surface area contributed by atoms with E-state index in [2.05, 4.69) is 29.6 Å². The summed E-state index contributed by atoms with van der Waals surface area (Å²) in [7, 11) is 0. The van der Waals surface area contributed by atoms with Crippen molar-refractivity contribution in [3.8, 4) is 5.75 Å². The summed E-state index contributed by atoms with van der Waals surface area (Å²) in [6.45, 7) is 2.65. The Labute approximate surface area is 147 Å². The molecule has 4 nitrogen and oxygen atoms in total. The average Bonchev–Trinajstić information content (AvgIpc) is 3.11. The highest BCUT2D eigenvalue weighted by Gasteiger charge is 2.38. The summed E-state index contributed by atoms with van der Waals surface area (Å²) in [5, 5.41) is 12.8. The normalized spacial score (nSPS) is 23.5. The van der Waals surface area contributed by atoms with E-state index >= 15 is 0 Å². The van der Waals surface area contributed by atoms with E-state index in [0.717, 1.165) is 23.4 Å². The molecule has 3 unspecified atom stereocenters. The maximum atomic E-state index is 11.1. The predicted octanol–water partition coefficient (Wildman–Crippen LogP) is 4.61. The molecule has 2 aromatic rings. The Morgan fingerprint density at radius 3 is 2.76 bits per heavy atom. The van der Waals surface area contributed by atoms with E-state index in [9.17, 15) is 4.79 Å². The molecular weight excluding hydrogens is 314 g/mol. The van der Waals surface area contributed by atoms with Crippen molar-refractivity contribution in [1.82, 2.24) is 0 Å². The lowest BCUT2D eigenvalue weighted by molar-refractivity contribution is 0.0697. The molecular formula is C21H21NO3. The molecule has 0 spiro atoms. The number of anilines is 1. The number of nitrogens with one attached hydrogen (secondary N) is 1. The number of benzene rings is 2. The molecule has 2 aromatic carbocycles. The van der Waals surface area contributed by atoms with Gasteiger partial charge in [-0.3, -0.25) is 0 Å². The Balaban J connectivity index is 1.69. The Hall–Kier alpha value is -2.75. The molecule has 0 saturated carbocycles. The van der Waals surface area contributed by atoms with Crippen LogP contribution in [-0.4, -0.2) is 17.7 Å². The number of carbonyl (C=O) groups is 1. The number of carboxylic acids is 1. The molecule has 0 bridgehead atoms. The number of carboxylic acid groups (broad SMARTS) is 1. The van der Waals surface area contributed by atoms with Gasteiger partial charge in [-0.15, -0.1) is 0 Å². The second kappa shape index (κ2) is 6.28. The van der Waals surface area contributed by atoms with E-state index < -0.39 is 5.97 Å². The topological polar surface area (TPSA) is 58.6 Å². The van der Waals surface area contributed by atoms with Crippen LogP contribution in [0.3, 0.4) is 0 Å². The molecule has 25 heavy (non-hydrogen) atoms. The van der Waals surface area contributed by atoms with Crippen LogP contribution >= 0.6 is 0 Å². The van der Waals surface area contributed by atoms with E-state index in [0.29, 0.717) is 24.0 Å². The fraction of sp³-hybridized carbons (Fsp3) is 0.286. The summed E-state index contributed by atoms with van der Waals surface area (Å²) < 4.78 is 5.66. The van der Waals surface area contributed by atoms with Crippen molar-refractivity contribution in [2.24, 2.45) is 5.92 Å². The van der Waals surface area contributed by atoms with Crippen molar-refractivity contribution >= 4 is 11.7 Å². The predicted molar refractivity (Wildman–Crippen MR) is 97.4 cm³/mol. The van der Waals surface area contributed by atoms with Crippen LogP contribution in [0.5, 0.6) is 5.75 Å². The minimum absolute atomic E-state index is 0.174. The molecule has 0 aromatic heterocycles. The lowest BCUT2D eigenvalue weighted by Crippen LogP contribution is -2.29. The number of aromatic carboxylic acids is 1. The van der Waals surface area contributed by atoms with E-state index in [1.54, 1.807) is 12.1 Å². The Morgan fingerprint density at radius 1 is 1.24 bits per heavy atom. The first-order valence-corrected chi connectivity index (χ1v) is 8.70. The number of allylic oxidation sites excluding steroid dienone is 2. The van der Waals surface area contributed by atoms with Gasteiger partial charge in [-0.05, 0) is 60.7 Å². The second-order valence-corrected chi connectivity index (χ2v) is 6.58. The first-order valence-electron chi connectivity index (χ1n) is 8.70. The molecule has 4 rings (SSSR count). The zero-order valence-corrected chi connectivity index (χ0v) is 14.1. The third kappa shape index (κ3) is 2.78. The SMILES string of the molecule is CCOc1ccc2c(c1)C1C=CCC1C(c1ccc(C(=O)O)cc1)N2. The Morgan fingerprint density at radius 2 is 2.04 bits per heavy atom. The summed E-state index contributed by atoms with van der Waals surface area (Å²) >= 11 is 0. The van der Waals surface area contributed by atoms with Crippen LogP contribution in [0.25, 0.3) is 0 Å². The Bertz CT molecular complexity index is 826. The molecule has 0 fully saturated rings. The van der Waals surface area contributed by atoms with Gasteiger partial charge < -0.3 is 15.2 Å². The minimum Gasteiger partial charge on any atom is -0.494 e. The van der Waals surface area contributed by atoms with Crippen molar-refractivity contribution in [1.29, 1.82) is 0 Å². The van der Waals surface area contributed by atoms with Crippen molar-refractivity contribution < 1.29 is 14.6 Å². The standard InChI is InChI=1S/C21H21NO3/c1-2-25-15-10-11-19-18(12-15)16-4-3-5-17(16)20(22-19)13-6-8-14(9-7-13)21(23)24/h3-4,6-12,16-17,20,22H,2,5H2,1H3,(H,23,24). The average molecular weight is 335 g/mol. The van der Waals surface area contributed by atoms with Gasteiger partial charge in [0, 0.05) is 11.6 Å². The second-order valence-electron chi connectivity index (χ2n) is 6.58. The number of hydrogen-bond donors (Lipinski definition) is 2. The number of fused-ring (bicyclic) bond motifs is 3. The maximum Gasteiger partial charge on any atom is 0.335 e. The van der Waals surface area contributed by atoms with Gasteiger partial charge >= 0.3 is 5.97 Å². The van der Waals surface area contributed by atoms with Crippen LogP contribution in [-0.2, 0) is 0 Å². The fourth-order valence-corrected chi connectivity index (χ4v) is 3.99. The van der Waals surface area contributed by atoms with E-state index in [-0.39, 0.29) is 6.04 Å². The van der Waals surface area contributed by atoms with Crippen LogP contribution < -0.4 is 10.1 Å². The van der Waals surface area contributed by atoms with E-state index in [4.69, 9.17) is 9.84 Å². The van der Waals surface area contributed by atoms with Gasteiger partial charge in [-0.2, -0.15) is 0 Å². The molecule has 2 aliphatic rings. The van der Waals surface area contributed by atoms with Gasteiger partial charge in [0.2, 0.25) is 0 Å². The minimum atomic E-state index is -0.891. The number of rotatable bonds is 4. The van der Waals surface area contributed by atoms with Crippen molar-refractivity contribution in [3.05, 3.63) is 71.3 Å². The highest BCUT2D eigenvalue weighted by atomic mass is 16.5. The molecule has 1 aliphatic heterocycles. The molecule has 2 N–H and O–H groups in total. The molecule has 1 heterocycles. The monoisotopic (exact) mass is 335 g/mol. The summed E-state index contributed by atoms with van der Waals surface area (Å²) in [4.78, 5) is 11.1. The summed E-state index contributed by atoms with van der Waals surface area (Å²) in [5.41, 5.74) is 3.86. The number of ether oxygens (including phenoxy) is 1. The number of hydrogen-bond acceptors (Lipinski definition) is 3. The van der Waals surface area contributed by atoms with E-state index in [1.165, 1.54) is 5.56 Å². The van der Waals surface area contributed by atoms with Gasteiger partial charge in [-0.1, -0.05) is 24.3 Å². The maximum absolute atomic E-state index is 11.1. The first kappa shape index (κ1) is 15.8. The van der Waals surface area contributed by atoms with Gasteiger partial charge in [0.25, 0.3) is 0 Å². The largest absolute Gasteiger partial charge is 0.494 e. The zero-order chi connectivity index (χ0) is 17.4. The molecule has 0 saturated heterocycles. The third-order valence-electron chi connectivity index (χ3n) is 5.16. The van der Waals surface area contributed by atoms with Gasteiger partial charge in [0.15, 0.2) is 0 Å². The quantitative estimate of drug-likeness (QED) is 0.801. The molecule has 128 valence electrons. The van der Waals surface area contributed by atoms with Gasteiger partial charge in [-0.25, -0.2) is 4.79 Å². The van der Waals surface area contributed by atoms with Gasteiger partial charge in [0.05, 0.1) is 18.2 Å². The zero-order valence-electron chi connectivity index (χ0n) is 14.1. The van der Waals surface area contributed by atoms with Crippen molar-refractivity contribution in [3.63, 3.8) is 0 Å². The smallest absolute Gasteiger partial charge is 0.335 e. The van der Waals surface area contributed by atoms with Crippen LogP contribution in [0.1, 0.15) is 46.8 Å². The van der Waals surface area contributed by atoms with Crippen LogP contribution in [0.15, 0.2) is 54.6 Å². The molecule has 0 amide bonds. The molecule has 1 aliphatic carbocycles. The van der Waals surface area contributed by atoms with Crippen molar-refractivity contribution in [2.75, 3.05) is 11.9 Å². The summed E-state index contributed by atoms with van der Waals surface area (Å²) in [5.74, 6) is 0.810. The van der Waals surface area contributed by atoms with E-state index in [1.807, 2.05) is 25.1 Å². The lowest BCUT2D eigenvalue weighted by atomic mass is 9.77. The molecule has 3 atom stereocenters. The first-order chi connectivity index (χ1) is 12.2. The molecule has 4 heteroatoms. The summed E-state index contributed by atoms with van der Waals surface area (Å²) in [6.07, 6.45) is 5.55. The highest BCUT2D eigenvalue weighted by Crippen LogP contribution is 2.50. The molecule has 0 radical (unpaired) electrons.